The molecule has 0 radical (unpaired) electrons. The first-order valence-electron chi connectivity index (χ1n) is 6.38. The SMILES string of the molecule is CCCc1nnc(C(=O)N2CCn3cncc3C2)o1. The molecule has 7 nitrogen and oxygen atoms in total. The Hall–Kier alpha value is -2.18. The molecule has 1 amide bonds. The first-order chi connectivity index (χ1) is 9.28. The summed E-state index contributed by atoms with van der Waals surface area (Å²) < 4.78 is 7.41. The van der Waals surface area contributed by atoms with E-state index in [2.05, 4.69) is 15.2 Å². The number of rotatable bonds is 3. The quantitative estimate of drug-likeness (QED) is 0.819. The Morgan fingerprint density at radius 1 is 1.42 bits per heavy atom. The monoisotopic (exact) mass is 261 g/mol. The Balaban J connectivity index is 1.74. The molecule has 2 aromatic rings. The lowest BCUT2D eigenvalue weighted by atomic mass is 10.3. The number of aromatic nitrogens is 4. The summed E-state index contributed by atoms with van der Waals surface area (Å²) in [5, 5.41) is 7.70. The van der Waals surface area contributed by atoms with E-state index >= 15 is 0 Å². The van der Waals surface area contributed by atoms with Crippen LogP contribution in [0.25, 0.3) is 0 Å². The van der Waals surface area contributed by atoms with Crippen LogP contribution < -0.4 is 0 Å². The second-order valence-electron chi connectivity index (χ2n) is 4.56. The van der Waals surface area contributed by atoms with Crippen molar-refractivity contribution in [1.82, 2.24) is 24.6 Å². The van der Waals surface area contributed by atoms with Crippen molar-refractivity contribution in [3.05, 3.63) is 30.0 Å². The molecule has 0 spiro atoms. The van der Waals surface area contributed by atoms with Gasteiger partial charge in [-0.05, 0) is 6.42 Å². The molecule has 0 N–H and O–H groups in total. The van der Waals surface area contributed by atoms with Crippen molar-refractivity contribution in [2.24, 2.45) is 0 Å². The molecule has 0 aliphatic carbocycles. The minimum Gasteiger partial charge on any atom is -0.417 e. The Morgan fingerprint density at radius 3 is 3.16 bits per heavy atom. The van der Waals surface area contributed by atoms with Gasteiger partial charge in [0.25, 0.3) is 0 Å². The van der Waals surface area contributed by atoms with Crippen molar-refractivity contribution in [1.29, 1.82) is 0 Å². The Bertz CT molecular complexity index is 588. The van der Waals surface area contributed by atoms with E-state index in [1.165, 1.54) is 0 Å². The van der Waals surface area contributed by atoms with Crippen LogP contribution in [0.15, 0.2) is 16.9 Å². The van der Waals surface area contributed by atoms with Gasteiger partial charge in [0.15, 0.2) is 0 Å². The first-order valence-corrected chi connectivity index (χ1v) is 6.38. The minimum atomic E-state index is -0.206. The Kier molecular flexibility index (Phi) is 3.02. The zero-order chi connectivity index (χ0) is 13.2. The van der Waals surface area contributed by atoms with E-state index in [4.69, 9.17) is 4.42 Å². The number of hydrogen-bond acceptors (Lipinski definition) is 5. The predicted molar refractivity (Wildman–Crippen MR) is 65.3 cm³/mol. The molecular formula is C12H15N5O2. The minimum absolute atomic E-state index is 0.0800. The number of carbonyl (C=O) groups excluding carboxylic acids is 1. The maximum Gasteiger partial charge on any atom is 0.311 e. The molecule has 7 heteroatoms. The third-order valence-electron chi connectivity index (χ3n) is 3.16. The fourth-order valence-corrected chi connectivity index (χ4v) is 2.15. The van der Waals surface area contributed by atoms with Crippen molar-refractivity contribution in [2.75, 3.05) is 6.54 Å². The maximum atomic E-state index is 12.2. The average molecular weight is 261 g/mol. The van der Waals surface area contributed by atoms with E-state index in [0.29, 0.717) is 25.4 Å². The summed E-state index contributed by atoms with van der Waals surface area (Å²) >= 11 is 0. The van der Waals surface area contributed by atoms with Crippen molar-refractivity contribution < 1.29 is 9.21 Å². The van der Waals surface area contributed by atoms with Crippen molar-refractivity contribution in [3.8, 4) is 0 Å². The number of carbonyl (C=O) groups is 1. The van der Waals surface area contributed by atoms with Crippen LogP contribution in [0, 0.1) is 0 Å². The zero-order valence-corrected chi connectivity index (χ0v) is 10.7. The van der Waals surface area contributed by atoms with Gasteiger partial charge in [0.1, 0.15) is 0 Å². The maximum absolute atomic E-state index is 12.2. The summed E-state index contributed by atoms with van der Waals surface area (Å²) in [6, 6.07) is 0. The van der Waals surface area contributed by atoms with Crippen molar-refractivity contribution in [2.45, 2.75) is 32.9 Å². The van der Waals surface area contributed by atoms with Gasteiger partial charge in [-0.25, -0.2) is 4.98 Å². The molecule has 1 aliphatic heterocycles. The summed E-state index contributed by atoms with van der Waals surface area (Å²) in [4.78, 5) is 18.0. The van der Waals surface area contributed by atoms with Gasteiger partial charge in [-0.15, -0.1) is 10.2 Å². The molecule has 0 aromatic carbocycles. The highest BCUT2D eigenvalue weighted by Gasteiger charge is 2.25. The topological polar surface area (TPSA) is 77.1 Å². The Morgan fingerprint density at radius 2 is 2.32 bits per heavy atom. The second kappa shape index (κ2) is 4.83. The van der Waals surface area contributed by atoms with Crippen molar-refractivity contribution in [3.63, 3.8) is 0 Å². The first kappa shape index (κ1) is 11.9. The lowest BCUT2D eigenvalue weighted by molar-refractivity contribution is 0.0668. The van der Waals surface area contributed by atoms with Gasteiger partial charge in [-0.2, -0.15) is 0 Å². The van der Waals surface area contributed by atoms with E-state index in [9.17, 15) is 4.79 Å². The van der Waals surface area contributed by atoms with Crippen LogP contribution in [-0.4, -0.2) is 37.1 Å². The molecule has 19 heavy (non-hydrogen) atoms. The van der Waals surface area contributed by atoms with E-state index in [1.54, 1.807) is 17.4 Å². The number of amides is 1. The van der Waals surface area contributed by atoms with Gasteiger partial charge < -0.3 is 13.9 Å². The largest absolute Gasteiger partial charge is 0.417 e. The smallest absolute Gasteiger partial charge is 0.311 e. The van der Waals surface area contributed by atoms with E-state index in [-0.39, 0.29) is 11.8 Å². The van der Waals surface area contributed by atoms with Crippen LogP contribution in [0.4, 0.5) is 0 Å². The van der Waals surface area contributed by atoms with Crippen LogP contribution in [0.1, 0.15) is 35.6 Å². The number of aryl methyl sites for hydroxylation is 1. The highest BCUT2D eigenvalue weighted by Crippen LogP contribution is 2.14. The summed E-state index contributed by atoms with van der Waals surface area (Å²) in [7, 11) is 0. The molecular weight excluding hydrogens is 246 g/mol. The second-order valence-corrected chi connectivity index (χ2v) is 4.56. The molecule has 0 saturated heterocycles. The summed E-state index contributed by atoms with van der Waals surface area (Å²) in [6.45, 7) is 3.94. The number of nitrogens with zero attached hydrogens (tertiary/aromatic N) is 5. The number of imidazole rings is 1. The molecule has 0 atom stereocenters. The summed E-state index contributed by atoms with van der Waals surface area (Å²) in [5.74, 6) is 0.395. The molecule has 3 rings (SSSR count). The normalized spacial score (nSPS) is 14.5. The lowest BCUT2D eigenvalue weighted by Gasteiger charge is -2.26. The Labute approximate surface area is 110 Å². The molecule has 0 bridgehead atoms. The molecule has 0 saturated carbocycles. The fraction of sp³-hybridized carbons (Fsp3) is 0.500. The predicted octanol–water partition coefficient (Wildman–Crippen LogP) is 0.875. The van der Waals surface area contributed by atoms with Gasteiger partial charge in [-0.1, -0.05) is 6.92 Å². The summed E-state index contributed by atoms with van der Waals surface area (Å²) in [5.41, 5.74) is 1.02. The van der Waals surface area contributed by atoms with Gasteiger partial charge in [-0.3, -0.25) is 4.79 Å². The average Bonchev–Trinajstić information content (AvgIpc) is 3.05. The number of hydrogen-bond donors (Lipinski definition) is 0. The van der Waals surface area contributed by atoms with Crippen LogP contribution >= 0.6 is 0 Å². The van der Waals surface area contributed by atoms with E-state index in [0.717, 1.165) is 18.7 Å². The lowest BCUT2D eigenvalue weighted by Crippen LogP contribution is -2.38. The van der Waals surface area contributed by atoms with Gasteiger partial charge >= 0.3 is 11.8 Å². The third kappa shape index (κ3) is 2.23. The van der Waals surface area contributed by atoms with Crippen LogP contribution in [-0.2, 0) is 19.5 Å². The molecule has 100 valence electrons. The van der Waals surface area contributed by atoms with Crippen LogP contribution in [0.2, 0.25) is 0 Å². The molecule has 2 aromatic heterocycles. The van der Waals surface area contributed by atoms with Crippen LogP contribution in [0.3, 0.4) is 0 Å². The molecule has 0 unspecified atom stereocenters. The zero-order valence-electron chi connectivity index (χ0n) is 10.7. The molecule has 1 aliphatic rings. The highest BCUT2D eigenvalue weighted by atomic mass is 16.4. The van der Waals surface area contributed by atoms with E-state index < -0.39 is 0 Å². The van der Waals surface area contributed by atoms with Crippen molar-refractivity contribution >= 4 is 5.91 Å². The third-order valence-corrected chi connectivity index (χ3v) is 3.16. The van der Waals surface area contributed by atoms with Gasteiger partial charge in [0.05, 0.1) is 18.6 Å². The number of fused-ring (bicyclic) bond motifs is 1. The molecule has 3 heterocycles. The van der Waals surface area contributed by atoms with Gasteiger partial charge in [0, 0.05) is 25.7 Å². The standard InChI is InChI=1S/C12H15N5O2/c1-2-3-10-14-15-11(19-10)12(18)16-4-5-17-8-13-6-9(17)7-16/h6,8H,2-5,7H2,1H3. The van der Waals surface area contributed by atoms with E-state index in [1.807, 2.05) is 11.5 Å². The van der Waals surface area contributed by atoms with Gasteiger partial charge in [0.2, 0.25) is 5.89 Å². The highest BCUT2D eigenvalue weighted by molar-refractivity contribution is 5.89. The van der Waals surface area contributed by atoms with Crippen LogP contribution in [0.5, 0.6) is 0 Å². The fourth-order valence-electron chi connectivity index (χ4n) is 2.15. The summed E-state index contributed by atoms with van der Waals surface area (Å²) in [6.07, 6.45) is 5.17. The molecule has 0 fully saturated rings.